The van der Waals surface area contributed by atoms with Crippen LogP contribution < -0.4 is 18.9 Å². The van der Waals surface area contributed by atoms with Gasteiger partial charge in [-0.05, 0) is 80.1 Å². The summed E-state index contributed by atoms with van der Waals surface area (Å²) in [6.07, 6.45) is 3.29. The van der Waals surface area contributed by atoms with Crippen LogP contribution in [0.1, 0.15) is 43.7 Å². The minimum absolute atomic E-state index is 0.499. The molecule has 31 heavy (non-hydrogen) atoms. The molecule has 0 aliphatic carbocycles. The van der Waals surface area contributed by atoms with Gasteiger partial charge in [0.2, 0.25) is 0 Å². The highest BCUT2D eigenvalue weighted by Crippen LogP contribution is 2.35. The van der Waals surface area contributed by atoms with E-state index in [1.54, 1.807) is 28.4 Å². The summed E-state index contributed by atoms with van der Waals surface area (Å²) < 4.78 is 21.6. The lowest BCUT2D eigenvalue weighted by molar-refractivity contribution is 0.315. The molecule has 2 aromatic carbocycles. The summed E-state index contributed by atoms with van der Waals surface area (Å²) >= 11 is 0. The van der Waals surface area contributed by atoms with E-state index in [0.717, 1.165) is 55.4 Å². The normalized spacial score (nSPS) is 12.2. The summed E-state index contributed by atoms with van der Waals surface area (Å²) in [5.74, 6) is 4.21. The van der Waals surface area contributed by atoms with Crippen molar-refractivity contribution in [2.45, 2.75) is 39.0 Å². The fraction of sp³-hybridized carbons (Fsp3) is 0.538. The molecule has 0 spiro atoms. The molecule has 172 valence electrons. The molecule has 0 aliphatic rings. The third-order valence-corrected chi connectivity index (χ3v) is 5.93. The van der Waals surface area contributed by atoms with Gasteiger partial charge in [0, 0.05) is 6.54 Å². The van der Waals surface area contributed by atoms with Gasteiger partial charge in [0.1, 0.15) is 0 Å². The molecule has 0 heterocycles. The van der Waals surface area contributed by atoms with Crippen LogP contribution in [0.25, 0.3) is 0 Å². The van der Waals surface area contributed by atoms with Crippen molar-refractivity contribution in [2.75, 3.05) is 48.6 Å². The Kier molecular flexibility index (Phi) is 9.99. The first kappa shape index (κ1) is 24.9. The Morgan fingerprint density at radius 1 is 0.742 bits per heavy atom. The molecule has 1 unspecified atom stereocenters. The topological polar surface area (TPSA) is 40.2 Å². The number of hydrogen-bond acceptors (Lipinski definition) is 5. The van der Waals surface area contributed by atoms with Gasteiger partial charge in [0.25, 0.3) is 0 Å². The van der Waals surface area contributed by atoms with Crippen molar-refractivity contribution in [3.63, 3.8) is 0 Å². The van der Waals surface area contributed by atoms with Crippen molar-refractivity contribution in [3.05, 3.63) is 47.5 Å². The average molecular weight is 430 g/mol. The monoisotopic (exact) mass is 429 g/mol. The van der Waals surface area contributed by atoms with Crippen LogP contribution in [0.15, 0.2) is 36.4 Å². The maximum atomic E-state index is 5.50. The lowest BCUT2D eigenvalue weighted by atomic mass is 9.84. The largest absolute Gasteiger partial charge is 0.493 e. The van der Waals surface area contributed by atoms with E-state index in [4.69, 9.17) is 18.9 Å². The number of methoxy groups -OCH3 is 4. The summed E-state index contributed by atoms with van der Waals surface area (Å²) in [6, 6.07) is 12.5. The van der Waals surface area contributed by atoms with Gasteiger partial charge in [0.15, 0.2) is 23.0 Å². The molecule has 2 rings (SSSR count). The zero-order chi connectivity index (χ0) is 22.8. The van der Waals surface area contributed by atoms with Crippen LogP contribution in [0.2, 0.25) is 0 Å². The second kappa shape index (κ2) is 12.5. The van der Waals surface area contributed by atoms with E-state index >= 15 is 0 Å². The van der Waals surface area contributed by atoms with Gasteiger partial charge in [0.05, 0.1) is 28.4 Å². The highest BCUT2D eigenvalue weighted by atomic mass is 16.5. The first-order valence-corrected chi connectivity index (χ1v) is 11.0. The zero-order valence-electron chi connectivity index (χ0n) is 20.2. The number of rotatable bonds is 13. The van der Waals surface area contributed by atoms with Gasteiger partial charge >= 0.3 is 0 Å². The molecule has 5 nitrogen and oxygen atoms in total. The maximum absolute atomic E-state index is 5.50. The summed E-state index contributed by atoms with van der Waals surface area (Å²) in [6.45, 7) is 6.67. The Labute approximate surface area is 188 Å². The van der Waals surface area contributed by atoms with Gasteiger partial charge < -0.3 is 23.8 Å². The highest BCUT2D eigenvalue weighted by molar-refractivity contribution is 5.44. The van der Waals surface area contributed by atoms with Crippen molar-refractivity contribution in [3.8, 4) is 23.0 Å². The van der Waals surface area contributed by atoms with E-state index in [0.29, 0.717) is 11.8 Å². The van der Waals surface area contributed by atoms with Crippen molar-refractivity contribution in [1.29, 1.82) is 0 Å². The van der Waals surface area contributed by atoms with Gasteiger partial charge in [-0.3, -0.25) is 0 Å². The maximum Gasteiger partial charge on any atom is 0.160 e. The minimum Gasteiger partial charge on any atom is -0.493 e. The Morgan fingerprint density at radius 2 is 1.32 bits per heavy atom. The third-order valence-electron chi connectivity index (χ3n) is 5.93. The van der Waals surface area contributed by atoms with Crippen LogP contribution in [0.4, 0.5) is 0 Å². The molecule has 0 N–H and O–H groups in total. The van der Waals surface area contributed by atoms with Crippen LogP contribution in [-0.2, 0) is 6.42 Å². The number of benzene rings is 2. The fourth-order valence-corrected chi connectivity index (χ4v) is 4.02. The molecular weight excluding hydrogens is 390 g/mol. The molecule has 0 saturated carbocycles. The fourth-order valence-electron chi connectivity index (χ4n) is 4.02. The van der Waals surface area contributed by atoms with Gasteiger partial charge in [-0.1, -0.05) is 26.0 Å². The molecule has 5 heteroatoms. The van der Waals surface area contributed by atoms with Crippen molar-refractivity contribution in [2.24, 2.45) is 5.92 Å². The number of ether oxygens (including phenoxy) is 4. The van der Waals surface area contributed by atoms with E-state index in [1.165, 1.54) is 11.1 Å². The van der Waals surface area contributed by atoms with Crippen molar-refractivity contribution >= 4 is 0 Å². The van der Waals surface area contributed by atoms with Crippen LogP contribution in [-0.4, -0.2) is 53.5 Å². The van der Waals surface area contributed by atoms with E-state index in [2.05, 4.69) is 50.1 Å². The van der Waals surface area contributed by atoms with Crippen molar-refractivity contribution in [1.82, 2.24) is 4.90 Å². The summed E-state index contributed by atoms with van der Waals surface area (Å²) in [4.78, 5) is 2.41. The molecule has 0 bridgehead atoms. The SMILES string of the molecule is COc1ccc(CCN(C)CCCC(c2ccc(OC)c(OC)c2)C(C)C)cc1OC. The van der Waals surface area contributed by atoms with Crippen LogP contribution >= 0.6 is 0 Å². The van der Waals surface area contributed by atoms with E-state index in [9.17, 15) is 0 Å². The summed E-state index contributed by atoms with van der Waals surface area (Å²) in [5.41, 5.74) is 2.58. The highest BCUT2D eigenvalue weighted by Gasteiger charge is 2.18. The first-order chi connectivity index (χ1) is 14.9. The molecule has 2 aromatic rings. The molecule has 0 fully saturated rings. The lowest BCUT2D eigenvalue weighted by Crippen LogP contribution is -2.23. The van der Waals surface area contributed by atoms with Crippen LogP contribution in [0.3, 0.4) is 0 Å². The molecular formula is C26H39NO4. The van der Waals surface area contributed by atoms with Crippen LogP contribution in [0, 0.1) is 5.92 Å². The number of likely N-dealkylation sites (N-methyl/N-ethyl adjacent to an activating group) is 1. The van der Waals surface area contributed by atoms with E-state index < -0.39 is 0 Å². The van der Waals surface area contributed by atoms with Crippen molar-refractivity contribution < 1.29 is 18.9 Å². The molecule has 0 aliphatic heterocycles. The van der Waals surface area contributed by atoms with E-state index in [1.807, 2.05) is 12.1 Å². The molecule has 0 radical (unpaired) electrons. The quantitative estimate of drug-likeness (QED) is 0.425. The smallest absolute Gasteiger partial charge is 0.160 e. The predicted molar refractivity (Wildman–Crippen MR) is 127 cm³/mol. The molecule has 1 atom stereocenters. The molecule has 0 saturated heterocycles. The Hall–Kier alpha value is -2.40. The number of nitrogens with zero attached hydrogens (tertiary/aromatic N) is 1. The predicted octanol–water partition coefficient (Wildman–Crippen LogP) is 5.42. The van der Waals surface area contributed by atoms with E-state index in [-0.39, 0.29) is 0 Å². The van der Waals surface area contributed by atoms with Gasteiger partial charge in [-0.2, -0.15) is 0 Å². The number of hydrogen-bond donors (Lipinski definition) is 0. The average Bonchev–Trinajstić information content (AvgIpc) is 2.79. The lowest BCUT2D eigenvalue weighted by Gasteiger charge is -2.24. The Morgan fingerprint density at radius 3 is 1.90 bits per heavy atom. The zero-order valence-corrected chi connectivity index (χ0v) is 20.2. The second-order valence-corrected chi connectivity index (χ2v) is 8.35. The first-order valence-electron chi connectivity index (χ1n) is 11.0. The van der Waals surface area contributed by atoms with Crippen LogP contribution in [0.5, 0.6) is 23.0 Å². The summed E-state index contributed by atoms with van der Waals surface area (Å²) in [5, 5.41) is 0. The standard InChI is InChI=1S/C26H39NO4/c1-19(2)22(21-11-13-24(29-5)26(18-21)31-7)9-8-15-27(3)16-14-20-10-12-23(28-4)25(17-20)30-6/h10-13,17-19,22H,8-9,14-16H2,1-7H3. The van der Waals surface area contributed by atoms with Gasteiger partial charge in [-0.15, -0.1) is 0 Å². The molecule has 0 amide bonds. The Bertz CT molecular complexity index is 806. The molecule has 0 aromatic heterocycles. The minimum atomic E-state index is 0.499. The second-order valence-electron chi connectivity index (χ2n) is 8.35. The summed E-state index contributed by atoms with van der Waals surface area (Å²) in [7, 11) is 8.91. The third kappa shape index (κ3) is 7.06. The van der Waals surface area contributed by atoms with Gasteiger partial charge in [-0.25, -0.2) is 0 Å². The Balaban J connectivity index is 1.88.